The number of nitrogens with zero attached hydrogens (tertiary/aromatic N) is 5. The van der Waals surface area contributed by atoms with Gasteiger partial charge < -0.3 is 4.98 Å². The van der Waals surface area contributed by atoms with Gasteiger partial charge in [-0.25, -0.2) is 14.2 Å². The summed E-state index contributed by atoms with van der Waals surface area (Å²) in [5, 5.41) is 4.28. The maximum Gasteiger partial charge on any atom is 0.332 e. The Kier molecular flexibility index (Phi) is 5.70. The van der Waals surface area contributed by atoms with Gasteiger partial charge in [-0.1, -0.05) is 32.1 Å². The van der Waals surface area contributed by atoms with Crippen molar-refractivity contribution in [1.82, 2.24) is 28.9 Å². The molecule has 2 unspecified atom stereocenters. The van der Waals surface area contributed by atoms with E-state index in [0.29, 0.717) is 36.5 Å². The lowest BCUT2D eigenvalue weighted by atomic mass is 9.98. The molecule has 1 aliphatic rings. The number of allylic oxidation sites excluding steroid dienone is 4. The summed E-state index contributed by atoms with van der Waals surface area (Å²) < 4.78 is 18.6. The van der Waals surface area contributed by atoms with Crippen LogP contribution in [0.1, 0.15) is 26.7 Å². The molecule has 0 saturated heterocycles. The van der Waals surface area contributed by atoms with Gasteiger partial charge in [-0.15, -0.1) is 11.6 Å². The Morgan fingerprint density at radius 1 is 1.19 bits per heavy atom. The van der Waals surface area contributed by atoms with E-state index in [-0.39, 0.29) is 23.3 Å². The van der Waals surface area contributed by atoms with Crippen LogP contribution in [0.4, 0.5) is 4.39 Å². The summed E-state index contributed by atoms with van der Waals surface area (Å²) in [5.74, 6) is 0.413. The number of imidazole rings is 1. The summed E-state index contributed by atoms with van der Waals surface area (Å²) in [6, 6.07) is 0. The monoisotopic (exact) mass is 446 g/mol. The molecule has 0 aliphatic heterocycles. The quantitative estimate of drug-likeness (QED) is 0.565. The van der Waals surface area contributed by atoms with Gasteiger partial charge in [-0.2, -0.15) is 5.10 Å². The van der Waals surface area contributed by atoms with E-state index in [2.05, 4.69) is 15.1 Å². The molecule has 0 fully saturated rings. The second-order valence-corrected chi connectivity index (χ2v) is 8.38. The second kappa shape index (κ2) is 8.30. The van der Waals surface area contributed by atoms with Gasteiger partial charge in [0.2, 0.25) is 0 Å². The van der Waals surface area contributed by atoms with E-state index < -0.39 is 11.0 Å². The van der Waals surface area contributed by atoms with Crippen molar-refractivity contribution in [2.24, 2.45) is 0 Å². The number of aromatic nitrogens is 6. The zero-order chi connectivity index (χ0) is 22.2. The minimum Gasteiger partial charge on any atom is -0.332 e. The number of rotatable bonds is 7. The third-order valence-corrected chi connectivity index (χ3v) is 5.74. The van der Waals surface area contributed by atoms with Crippen LogP contribution in [0.25, 0.3) is 22.6 Å². The average Bonchev–Trinajstić information content (AvgIpc) is 3.38. The topological polar surface area (TPSA) is 90.5 Å². The number of fused-ring (bicyclic) bond motifs is 1. The third-order valence-electron chi connectivity index (χ3n) is 5.29. The molecule has 3 heterocycles. The lowest BCUT2D eigenvalue weighted by Gasteiger charge is -2.27. The molecule has 31 heavy (non-hydrogen) atoms. The lowest BCUT2D eigenvalue weighted by Crippen LogP contribution is -2.40. The summed E-state index contributed by atoms with van der Waals surface area (Å²) >= 11 is 6.44. The summed E-state index contributed by atoms with van der Waals surface area (Å²) in [6.45, 7) is 4.79. The predicted octanol–water partition coefficient (Wildman–Crippen LogP) is 3.01. The molecule has 0 amide bonds. The molecule has 1 N–H and O–H groups in total. The van der Waals surface area contributed by atoms with E-state index in [1.165, 1.54) is 15.2 Å². The van der Waals surface area contributed by atoms with Crippen molar-refractivity contribution in [1.29, 1.82) is 0 Å². The van der Waals surface area contributed by atoms with E-state index in [9.17, 15) is 14.0 Å². The summed E-state index contributed by atoms with van der Waals surface area (Å²) in [7, 11) is 0. The van der Waals surface area contributed by atoms with Gasteiger partial charge in [0.05, 0.1) is 18.3 Å². The number of hydrogen-bond acceptors (Lipinski definition) is 4. The van der Waals surface area contributed by atoms with Gasteiger partial charge in [0.15, 0.2) is 5.65 Å². The fraction of sp³-hybridized carbons (Fsp3) is 0.429. The van der Waals surface area contributed by atoms with E-state index in [4.69, 9.17) is 11.6 Å². The standard InChI is InChI=1S/C21H24ClFN6O2/c1-3-9-28-18-16(19(30)29(10-4-2)20(28)31)25-17(26-18)14-11-24-27(12-14)13-21(22)8-6-5-7-15(21)23/h5-8,11-12,15H,3-4,9-10,13H2,1-2H3,(H,25,26). The predicted molar refractivity (Wildman–Crippen MR) is 118 cm³/mol. The van der Waals surface area contributed by atoms with Crippen LogP contribution in [-0.4, -0.2) is 39.9 Å². The van der Waals surface area contributed by atoms with Crippen molar-refractivity contribution < 1.29 is 4.39 Å². The van der Waals surface area contributed by atoms with Crippen LogP contribution < -0.4 is 11.2 Å². The van der Waals surface area contributed by atoms with Crippen molar-refractivity contribution in [2.45, 2.75) is 57.4 Å². The SMILES string of the molecule is CCCn1c(=O)c2[nH]c(-c3cnn(CC4(Cl)C=CC=CC4F)c3)nc2n(CCC)c1=O. The van der Waals surface area contributed by atoms with Crippen LogP contribution in [0.5, 0.6) is 0 Å². The van der Waals surface area contributed by atoms with Crippen molar-refractivity contribution in [3.05, 3.63) is 57.5 Å². The Hall–Kier alpha value is -2.94. The second-order valence-electron chi connectivity index (χ2n) is 7.67. The van der Waals surface area contributed by atoms with Crippen molar-refractivity contribution in [3.63, 3.8) is 0 Å². The lowest BCUT2D eigenvalue weighted by molar-refractivity contribution is 0.308. The van der Waals surface area contributed by atoms with Crippen molar-refractivity contribution >= 4 is 22.8 Å². The highest BCUT2D eigenvalue weighted by Gasteiger charge is 2.35. The highest BCUT2D eigenvalue weighted by Crippen LogP contribution is 2.31. The number of nitrogens with one attached hydrogen (secondary N) is 1. The van der Waals surface area contributed by atoms with Crippen LogP contribution in [-0.2, 0) is 19.6 Å². The first-order valence-electron chi connectivity index (χ1n) is 10.3. The van der Waals surface area contributed by atoms with E-state index in [1.807, 2.05) is 13.8 Å². The molecule has 3 aromatic rings. The first-order chi connectivity index (χ1) is 14.9. The number of hydrogen-bond donors (Lipinski definition) is 1. The van der Waals surface area contributed by atoms with E-state index >= 15 is 0 Å². The summed E-state index contributed by atoms with van der Waals surface area (Å²) in [4.78, 5) is 32.0. The van der Waals surface area contributed by atoms with Crippen LogP contribution in [0.15, 0.2) is 46.3 Å². The molecule has 10 heteroatoms. The average molecular weight is 447 g/mol. The molecule has 2 atom stereocenters. The fourth-order valence-electron chi connectivity index (χ4n) is 3.74. The van der Waals surface area contributed by atoms with Crippen LogP contribution in [0, 0.1) is 0 Å². The van der Waals surface area contributed by atoms with Gasteiger partial charge in [0, 0.05) is 19.3 Å². The van der Waals surface area contributed by atoms with Crippen LogP contribution in [0.2, 0.25) is 0 Å². The van der Waals surface area contributed by atoms with Crippen LogP contribution >= 0.6 is 11.6 Å². The molecule has 3 aromatic heterocycles. The molecule has 0 bridgehead atoms. The molecule has 0 spiro atoms. The smallest absolute Gasteiger partial charge is 0.332 e. The normalized spacial score (nSPS) is 20.7. The van der Waals surface area contributed by atoms with E-state index in [1.54, 1.807) is 35.3 Å². The Morgan fingerprint density at radius 3 is 2.65 bits per heavy atom. The van der Waals surface area contributed by atoms with Gasteiger partial charge in [-0.3, -0.25) is 18.6 Å². The zero-order valence-corrected chi connectivity index (χ0v) is 18.1. The number of alkyl halides is 2. The zero-order valence-electron chi connectivity index (χ0n) is 17.4. The summed E-state index contributed by atoms with van der Waals surface area (Å²) in [6.07, 6.45) is 9.67. The number of halogens is 2. The Bertz CT molecular complexity index is 1280. The Balaban J connectivity index is 1.74. The Morgan fingerprint density at radius 2 is 1.94 bits per heavy atom. The molecule has 0 saturated carbocycles. The van der Waals surface area contributed by atoms with Gasteiger partial charge in [0.25, 0.3) is 5.56 Å². The van der Waals surface area contributed by atoms with E-state index in [0.717, 1.165) is 6.42 Å². The molecule has 1 aliphatic carbocycles. The largest absolute Gasteiger partial charge is 0.332 e. The number of H-pyrrole nitrogens is 1. The summed E-state index contributed by atoms with van der Waals surface area (Å²) in [5.41, 5.74) is 0.468. The molecule has 8 nitrogen and oxygen atoms in total. The minimum atomic E-state index is -1.33. The molecular formula is C21H24ClFN6O2. The maximum atomic E-state index is 14.3. The third kappa shape index (κ3) is 3.78. The number of aromatic amines is 1. The number of aryl methyl sites for hydroxylation is 1. The van der Waals surface area contributed by atoms with Crippen molar-refractivity contribution in [3.8, 4) is 11.4 Å². The first kappa shape index (κ1) is 21.3. The van der Waals surface area contributed by atoms with Gasteiger partial charge >= 0.3 is 5.69 Å². The van der Waals surface area contributed by atoms with Gasteiger partial charge in [-0.05, 0) is 18.9 Å². The highest BCUT2D eigenvalue weighted by atomic mass is 35.5. The molecule has 0 aromatic carbocycles. The minimum absolute atomic E-state index is 0.126. The molecule has 4 rings (SSSR count). The maximum absolute atomic E-state index is 14.3. The highest BCUT2D eigenvalue weighted by molar-refractivity contribution is 6.26. The van der Waals surface area contributed by atoms with Gasteiger partial charge in [0.1, 0.15) is 22.4 Å². The Labute approximate surface area is 182 Å². The molecule has 164 valence electrons. The van der Waals surface area contributed by atoms with Crippen LogP contribution in [0.3, 0.4) is 0 Å². The van der Waals surface area contributed by atoms with Crippen molar-refractivity contribution in [2.75, 3.05) is 0 Å². The molecular weight excluding hydrogens is 423 g/mol. The fourth-order valence-corrected chi connectivity index (χ4v) is 4.01. The first-order valence-corrected chi connectivity index (χ1v) is 10.7. The molecule has 0 radical (unpaired) electrons.